The Labute approximate surface area is 194 Å². The summed E-state index contributed by atoms with van der Waals surface area (Å²) in [6, 6.07) is 11.5. The molecule has 2 aliphatic rings. The summed E-state index contributed by atoms with van der Waals surface area (Å²) in [4.78, 5) is 20.1. The monoisotopic (exact) mass is 472 g/mol. The van der Waals surface area contributed by atoms with Gasteiger partial charge in [-0.2, -0.15) is 13.2 Å². The van der Waals surface area contributed by atoms with Gasteiger partial charge in [0.2, 0.25) is 6.41 Å². The molecule has 1 fully saturated rings. The molecule has 0 spiro atoms. The first-order chi connectivity index (χ1) is 16.3. The highest BCUT2D eigenvalue weighted by atomic mass is 19.4. The topological polar surface area (TPSA) is 41.4 Å². The van der Waals surface area contributed by atoms with Crippen molar-refractivity contribution in [2.75, 3.05) is 24.5 Å². The van der Waals surface area contributed by atoms with Gasteiger partial charge in [-0.3, -0.25) is 4.79 Å². The Bertz CT molecular complexity index is 1190. The summed E-state index contributed by atoms with van der Waals surface area (Å²) in [5, 5.41) is 0. The zero-order valence-corrected chi connectivity index (χ0v) is 18.4. The van der Waals surface area contributed by atoms with Crippen LogP contribution in [0.2, 0.25) is 0 Å². The van der Waals surface area contributed by atoms with E-state index in [4.69, 9.17) is 4.98 Å². The van der Waals surface area contributed by atoms with Gasteiger partial charge in [-0.15, -0.1) is 0 Å². The van der Waals surface area contributed by atoms with Crippen LogP contribution in [0.3, 0.4) is 0 Å². The molecule has 178 valence electrons. The van der Waals surface area contributed by atoms with E-state index in [-0.39, 0.29) is 17.8 Å². The van der Waals surface area contributed by atoms with Crippen molar-refractivity contribution < 1.29 is 22.4 Å². The first-order valence-corrected chi connectivity index (χ1v) is 11.3. The lowest BCUT2D eigenvalue weighted by Crippen LogP contribution is -2.48. The minimum atomic E-state index is -4.42. The molecule has 0 saturated carbocycles. The van der Waals surface area contributed by atoms with Crippen LogP contribution in [0.4, 0.5) is 23.2 Å². The largest absolute Gasteiger partial charge is 0.416 e. The minimum absolute atomic E-state index is 0.167. The van der Waals surface area contributed by atoms with Crippen LogP contribution < -0.4 is 4.90 Å². The average molecular weight is 472 g/mol. The van der Waals surface area contributed by atoms with E-state index in [0.29, 0.717) is 31.9 Å². The maximum absolute atomic E-state index is 13.7. The number of fused-ring (bicyclic) bond motifs is 1. The molecule has 2 aromatic carbocycles. The van der Waals surface area contributed by atoms with Crippen molar-refractivity contribution in [2.45, 2.75) is 37.5 Å². The van der Waals surface area contributed by atoms with E-state index in [1.54, 1.807) is 23.1 Å². The Kier molecular flexibility index (Phi) is 5.79. The third-order valence-corrected chi connectivity index (χ3v) is 6.77. The number of amides is 1. The molecular weight excluding hydrogens is 448 g/mol. The van der Waals surface area contributed by atoms with Crippen LogP contribution in [0.5, 0.6) is 0 Å². The highest BCUT2D eigenvalue weighted by Crippen LogP contribution is 2.35. The summed E-state index contributed by atoms with van der Waals surface area (Å²) in [6.45, 7) is 1.84. The van der Waals surface area contributed by atoms with E-state index in [2.05, 4.69) is 4.57 Å². The molecule has 0 N–H and O–H groups in total. The number of aromatic nitrogens is 2. The molecule has 3 aromatic rings. The van der Waals surface area contributed by atoms with Gasteiger partial charge in [0.15, 0.2) is 0 Å². The van der Waals surface area contributed by atoms with E-state index < -0.39 is 11.7 Å². The van der Waals surface area contributed by atoms with Crippen molar-refractivity contribution in [3.8, 4) is 0 Å². The maximum Gasteiger partial charge on any atom is 0.416 e. The normalized spacial score (nSPS) is 20.8. The fraction of sp³-hybridized carbons (Fsp3) is 0.360. The molecule has 0 bridgehead atoms. The summed E-state index contributed by atoms with van der Waals surface area (Å²) in [5.74, 6) is 0.818. The lowest BCUT2D eigenvalue weighted by molar-refractivity contribution is -0.137. The molecule has 0 aliphatic carbocycles. The summed E-state index contributed by atoms with van der Waals surface area (Å²) >= 11 is 0. The third-order valence-electron chi connectivity index (χ3n) is 6.77. The summed E-state index contributed by atoms with van der Waals surface area (Å²) in [5.41, 5.74) is 1.45. The van der Waals surface area contributed by atoms with Crippen molar-refractivity contribution in [1.82, 2.24) is 14.5 Å². The van der Waals surface area contributed by atoms with Crippen molar-refractivity contribution in [3.05, 3.63) is 83.2 Å². The standard InChI is InChI=1S/C25H24F4N4O/c26-20-5-1-3-17(11-20)18-7-8-24-30-22(14-33(24)13-18)23-15-31(9-10-32(23)16-34)21-6-2-4-19(12-21)25(27,28)29/h1-6,11-12,14,16,18,23H,7-10,13,15H2. The predicted octanol–water partition coefficient (Wildman–Crippen LogP) is 4.79. The zero-order valence-electron chi connectivity index (χ0n) is 18.4. The SMILES string of the molecule is O=CN1CCN(c2cccc(C(F)(F)F)c2)CC1c1cn2c(n1)CCC(c1cccc(F)c1)C2. The number of aryl methyl sites for hydroxylation is 1. The number of hydrogen-bond acceptors (Lipinski definition) is 3. The number of piperazine rings is 1. The van der Waals surface area contributed by atoms with Crippen molar-refractivity contribution in [2.24, 2.45) is 0 Å². The van der Waals surface area contributed by atoms with Gasteiger partial charge in [-0.1, -0.05) is 18.2 Å². The smallest absolute Gasteiger partial charge is 0.367 e. The van der Waals surface area contributed by atoms with Crippen LogP contribution >= 0.6 is 0 Å². The first-order valence-electron chi connectivity index (χ1n) is 11.3. The van der Waals surface area contributed by atoms with Gasteiger partial charge in [0.05, 0.1) is 17.3 Å². The van der Waals surface area contributed by atoms with E-state index in [0.717, 1.165) is 48.5 Å². The van der Waals surface area contributed by atoms with Crippen molar-refractivity contribution in [1.29, 1.82) is 0 Å². The number of halogens is 4. The number of carbonyl (C=O) groups is 1. The quantitative estimate of drug-likeness (QED) is 0.405. The van der Waals surface area contributed by atoms with E-state index in [9.17, 15) is 22.4 Å². The van der Waals surface area contributed by atoms with E-state index in [1.807, 2.05) is 17.2 Å². The Morgan fingerprint density at radius 1 is 1.03 bits per heavy atom. The van der Waals surface area contributed by atoms with Gasteiger partial charge in [0, 0.05) is 50.4 Å². The second-order valence-corrected chi connectivity index (χ2v) is 8.88. The number of anilines is 1. The van der Waals surface area contributed by atoms with Crippen molar-refractivity contribution >= 4 is 12.1 Å². The number of nitrogens with zero attached hydrogens (tertiary/aromatic N) is 4. The molecule has 0 radical (unpaired) electrons. The summed E-state index contributed by atoms with van der Waals surface area (Å²) < 4.78 is 55.3. The molecule has 2 unspecified atom stereocenters. The average Bonchev–Trinajstić information content (AvgIpc) is 3.26. The van der Waals surface area contributed by atoms with Crippen LogP contribution in [0.1, 0.15) is 41.0 Å². The predicted molar refractivity (Wildman–Crippen MR) is 119 cm³/mol. The molecule has 34 heavy (non-hydrogen) atoms. The fourth-order valence-electron chi connectivity index (χ4n) is 4.96. The molecular formula is C25H24F4N4O. The summed E-state index contributed by atoms with van der Waals surface area (Å²) in [6.07, 6.45) is -0.133. The molecule has 1 saturated heterocycles. The van der Waals surface area contributed by atoms with Crippen LogP contribution in [-0.4, -0.2) is 40.5 Å². The fourth-order valence-corrected chi connectivity index (χ4v) is 4.96. The number of carbonyl (C=O) groups excluding carboxylic acids is 1. The van der Waals surface area contributed by atoms with Crippen LogP contribution in [0.25, 0.3) is 0 Å². The zero-order chi connectivity index (χ0) is 23.9. The maximum atomic E-state index is 13.7. The number of alkyl halides is 3. The second-order valence-electron chi connectivity index (χ2n) is 8.88. The molecule has 2 atom stereocenters. The Hall–Kier alpha value is -3.36. The molecule has 5 rings (SSSR count). The molecule has 1 aromatic heterocycles. The van der Waals surface area contributed by atoms with Crippen LogP contribution in [0, 0.1) is 5.82 Å². The molecule has 2 aliphatic heterocycles. The minimum Gasteiger partial charge on any atom is -0.367 e. The second kappa shape index (κ2) is 8.77. The van der Waals surface area contributed by atoms with Crippen LogP contribution in [-0.2, 0) is 23.9 Å². The van der Waals surface area contributed by atoms with E-state index in [1.165, 1.54) is 12.1 Å². The van der Waals surface area contributed by atoms with E-state index >= 15 is 0 Å². The Morgan fingerprint density at radius 2 is 1.85 bits per heavy atom. The molecule has 3 heterocycles. The number of hydrogen-bond donors (Lipinski definition) is 0. The first kappa shape index (κ1) is 22.4. The highest BCUT2D eigenvalue weighted by molar-refractivity contribution is 5.54. The molecule has 9 heteroatoms. The van der Waals surface area contributed by atoms with Crippen LogP contribution in [0.15, 0.2) is 54.7 Å². The lowest BCUT2D eigenvalue weighted by atomic mass is 9.91. The molecule has 5 nitrogen and oxygen atoms in total. The number of benzene rings is 2. The lowest BCUT2D eigenvalue weighted by Gasteiger charge is -2.40. The summed E-state index contributed by atoms with van der Waals surface area (Å²) in [7, 11) is 0. The highest BCUT2D eigenvalue weighted by Gasteiger charge is 2.34. The van der Waals surface area contributed by atoms with Gasteiger partial charge in [-0.05, 0) is 42.3 Å². The van der Waals surface area contributed by atoms with Gasteiger partial charge in [0.25, 0.3) is 0 Å². The van der Waals surface area contributed by atoms with Gasteiger partial charge < -0.3 is 14.4 Å². The van der Waals surface area contributed by atoms with Gasteiger partial charge in [-0.25, -0.2) is 9.37 Å². The number of rotatable bonds is 4. The Morgan fingerprint density at radius 3 is 2.62 bits per heavy atom. The number of imidazole rings is 1. The third kappa shape index (κ3) is 4.38. The Balaban J connectivity index is 1.38. The molecule has 1 amide bonds. The van der Waals surface area contributed by atoms with Gasteiger partial charge >= 0.3 is 6.18 Å². The van der Waals surface area contributed by atoms with Crippen molar-refractivity contribution in [3.63, 3.8) is 0 Å². The van der Waals surface area contributed by atoms with Gasteiger partial charge in [0.1, 0.15) is 11.6 Å².